The van der Waals surface area contributed by atoms with Crippen LogP contribution < -0.4 is 9.44 Å². The molecule has 15 nitrogen and oxygen atoms in total. The van der Waals surface area contributed by atoms with Gasteiger partial charge in [-0.1, -0.05) is 181 Å². The molecule has 0 aromatic rings. The monoisotopic (exact) mass is 917 g/mol. The van der Waals surface area contributed by atoms with Gasteiger partial charge in [0, 0.05) is 13.1 Å². The number of hydrogen-bond acceptors (Lipinski definition) is 13. The van der Waals surface area contributed by atoms with Gasteiger partial charge in [-0.15, -0.1) is 0 Å². The zero-order valence-corrected chi connectivity index (χ0v) is 39.4. The summed E-state index contributed by atoms with van der Waals surface area (Å²) in [6, 6.07) is 0. The summed E-state index contributed by atoms with van der Waals surface area (Å²) in [4.78, 5) is 0. The minimum atomic E-state index is -3.77. The first-order valence-corrected chi connectivity index (χ1v) is 27.5. The Kier molecular flexibility index (Phi) is 30.6. The molecular weight excluding hydrogens is 829 g/mol. The topological polar surface area (TPSA) is 241 Å². The number of nitrogens with one attached hydrogen (secondary N) is 2. The summed E-state index contributed by atoms with van der Waals surface area (Å²) in [5, 5.41) is 63.6. The molecule has 0 aromatic carbocycles. The molecule has 61 heavy (non-hydrogen) atoms. The Morgan fingerprint density at radius 1 is 0.377 bits per heavy atom. The molecule has 0 saturated carbocycles. The van der Waals surface area contributed by atoms with Crippen LogP contribution >= 0.6 is 0 Å². The van der Waals surface area contributed by atoms with Gasteiger partial charge in [0.05, 0.1) is 11.5 Å². The van der Waals surface area contributed by atoms with E-state index < -0.39 is 94.5 Å². The fraction of sp³-hybridized carbons (Fsp3) is 1.00. The molecular formula is C44H88N2O13S2. The fourth-order valence-electron chi connectivity index (χ4n) is 8.06. The van der Waals surface area contributed by atoms with Gasteiger partial charge in [-0.05, 0) is 12.8 Å². The zero-order valence-electron chi connectivity index (χ0n) is 37.8. The maximum atomic E-state index is 12.8. The van der Waals surface area contributed by atoms with Gasteiger partial charge < -0.3 is 44.8 Å². The summed E-state index contributed by atoms with van der Waals surface area (Å²) in [6.07, 6.45) is 14.7. The Morgan fingerprint density at radius 3 is 0.885 bits per heavy atom. The predicted octanol–water partition coefficient (Wildman–Crippen LogP) is 5.42. The molecule has 2 aliphatic heterocycles. The SMILES string of the molecule is CCCCCCCCCCCCCCCCS(=O)(=O)NC[C@H]1O[C@H](O[C@H]2O[C@H](CNS(=O)(=O)CCCCCCCCCCCCCCCC)[C@@H](O)[C@H](O)[C@H]2O)[C@H](O)[C@@H](O)[C@@H]1O. The Balaban J connectivity index is 1.70. The van der Waals surface area contributed by atoms with Crippen LogP contribution in [-0.2, 0) is 34.3 Å². The highest BCUT2D eigenvalue weighted by Crippen LogP contribution is 2.28. The predicted molar refractivity (Wildman–Crippen MR) is 239 cm³/mol. The van der Waals surface area contributed by atoms with Crippen LogP contribution in [0.5, 0.6) is 0 Å². The van der Waals surface area contributed by atoms with Gasteiger partial charge in [-0.3, -0.25) is 0 Å². The van der Waals surface area contributed by atoms with E-state index in [4.69, 9.17) is 14.2 Å². The second-order valence-corrected chi connectivity index (χ2v) is 21.5. The molecule has 0 bridgehead atoms. The van der Waals surface area contributed by atoms with E-state index in [9.17, 15) is 47.5 Å². The first kappa shape index (κ1) is 56.6. The van der Waals surface area contributed by atoms with E-state index in [0.29, 0.717) is 12.8 Å². The van der Waals surface area contributed by atoms with E-state index in [0.717, 1.165) is 51.4 Å². The molecule has 364 valence electrons. The summed E-state index contributed by atoms with van der Waals surface area (Å²) < 4.78 is 72.6. The largest absolute Gasteiger partial charge is 0.388 e. The summed E-state index contributed by atoms with van der Waals surface area (Å²) >= 11 is 0. The van der Waals surface area contributed by atoms with Crippen molar-refractivity contribution in [2.45, 2.75) is 255 Å². The van der Waals surface area contributed by atoms with Crippen LogP contribution in [0.25, 0.3) is 0 Å². The van der Waals surface area contributed by atoms with Gasteiger partial charge in [0.2, 0.25) is 20.0 Å². The Morgan fingerprint density at radius 2 is 0.623 bits per heavy atom. The van der Waals surface area contributed by atoms with Crippen LogP contribution in [0.15, 0.2) is 0 Å². The summed E-state index contributed by atoms with van der Waals surface area (Å²) in [7, 11) is -7.54. The van der Waals surface area contributed by atoms with E-state index in [1.807, 2.05) is 0 Å². The van der Waals surface area contributed by atoms with Crippen molar-refractivity contribution in [1.82, 2.24) is 9.44 Å². The van der Waals surface area contributed by atoms with Gasteiger partial charge in [-0.2, -0.15) is 0 Å². The van der Waals surface area contributed by atoms with Gasteiger partial charge in [-0.25, -0.2) is 26.3 Å². The van der Waals surface area contributed by atoms with E-state index in [2.05, 4.69) is 23.3 Å². The molecule has 2 heterocycles. The molecule has 2 fully saturated rings. The van der Waals surface area contributed by atoms with Crippen LogP contribution in [0.4, 0.5) is 0 Å². The molecule has 8 N–H and O–H groups in total. The second-order valence-electron chi connectivity index (χ2n) is 17.7. The van der Waals surface area contributed by atoms with Crippen molar-refractivity contribution in [3.05, 3.63) is 0 Å². The molecule has 2 aliphatic rings. The first-order valence-electron chi connectivity index (χ1n) is 24.2. The smallest absolute Gasteiger partial charge is 0.211 e. The van der Waals surface area contributed by atoms with Crippen LogP contribution in [-0.4, -0.2) is 133 Å². The van der Waals surface area contributed by atoms with Gasteiger partial charge in [0.15, 0.2) is 12.6 Å². The normalized spacial score (nSPS) is 27.5. The highest BCUT2D eigenvalue weighted by atomic mass is 32.2. The van der Waals surface area contributed by atoms with Crippen molar-refractivity contribution in [3.8, 4) is 0 Å². The lowest BCUT2D eigenvalue weighted by atomic mass is 9.98. The number of rotatable bonds is 38. The Bertz CT molecular complexity index is 1200. The highest BCUT2D eigenvalue weighted by molar-refractivity contribution is 7.89. The van der Waals surface area contributed by atoms with E-state index in [-0.39, 0.29) is 11.5 Å². The average molecular weight is 917 g/mol. The molecule has 0 aliphatic carbocycles. The lowest BCUT2D eigenvalue weighted by Gasteiger charge is -2.45. The number of aliphatic hydroxyl groups excluding tert-OH is 6. The highest BCUT2D eigenvalue weighted by Gasteiger charge is 2.50. The van der Waals surface area contributed by atoms with Crippen molar-refractivity contribution in [3.63, 3.8) is 0 Å². The standard InChI is InChI=1S/C44H88N2O13S2/c1-3-5-7-9-11-13-15-17-19-21-23-25-27-29-31-60(53,54)45-33-35-37(47)39(49)41(51)43(57-35)59-44-42(52)40(50)38(48)36(58-44)34-46-61(55,56)32-30-28-26-24-22-20-18-16-14-12-10-8-6-4-2/h35-52H,3-34H2,1-2H3/t35-,36-,37-,38-,39+,40+,41-,42-,43-,44-/m1/s1. The number of sulfonamides is 2. The zero-order chi connectivity index (χ0) is 44.9. The van der Waals surface area contributed by atoms with E-state index in [1.54, 1.807) is 0 Å². The second kappa shape index (κ2) is 33.0. The molecule has 10 atom stereocenters. The van der Waals surface area contributed by atoms with Crippen LogP contribution in [0.2, 0.25) is 0 Å². The minimum absolute atomic E-state index is 0.133. The molecule has 2 rings (SSSR count). The van der Waals surface area contributed by atoms with Crippen molar-refractivity contribution in [1.29, 1.82) is 0 Å². The van der Waals surface area contributed by atoms with Crippen molar-refractivity contribution >= 4 is 20.0 Å². The quantitative estimate of drug-likeness (QED) is 0.0362. The molecule has 0 spiro atoms. The number of unbranched alkanes of at least 4 members (excludes halogenated alkanes) is 26. The fourth-order valence-corrected chi connectivity index (χ4v) is 10.4. The molecule has 0 unspecified atom stereocenters. The Labute approximate surface area is 369 Å². The molecule has 0 radical (unpaired) electrons. The van der Waals surface area contributed by atoms with Gasteiger partial charge in [0.25, 0.3) is 0 Å². The Hall–Kier alpha value is -0.540. The van der Waals surface area contributed by atoms with Crippen LogP contribution in [0.3, 0.4) is 0 Å². The molecule has 0 amide bonds. The van der Waals surface area contributed by atoms with Crippen molar-refractivity contribution in [2.75, 3.05) is 24.6 Å². The van der Waals surface area contributed by atoms with E-state index in [1.165, 1.54) is 116 Å². The lowest BCUT2D eigenvalue weighted by molar-refractivity contribution is -0.372. The third kappa shape index (κ3) is 24.5. The van der Waals surface area contributed by atoms with Crippen LogP contribution in [0.1, 0.15) is 194 Å². The summed E-state index contributed by atoms with van der Waals surface area (Å²) in [5.74, 6) is -0.266. The first-order chi connectivity index (χ1) is 29.2. The minimum Gasteiger partial charge on any atom is -0.388 e. The summed E-state index contributed by atoms with van der Waals surface area (Å²) in [5.41, 5.74) is 0. The average Bonchev–Trinajstić information content (AvgIpc) is 3.23. The van der Waals surface area contributed by atoms with Crippen molar-refractivity contribution in [2.24, 2.45) is 0 Å². The molecule has 17 heteroatoms. The van der Waals surface area contributed by atoms with Crippen LogP contribution in [0, 0.1) is 0 Å². The number of ether oxygens (including phenoxy) is 3. The number of aliphatic hydroxyl groups is 6. The maximum absolute atomic E-state index is 12.8. The maximum Gasteiger partial charge on any atom is 0.211 e. The molecule has 0 aromatic heterocycles. The third-order valence-corrected chi connectivity index (χ3v) is 15.0. The van der Waals surface area contributed by atoms with Gasteiger partial charge >= 0.3 is 0 Å². The molecule has 2 saturated heterocycles. The van der Waals surface area contributed by atoms with Crippen molar-refractivity contribution < 1.29 is 61.7 Å². The number of hydrogen-bond donors (Lipinski definition) is 8. The third-order valence-electron chi connectivity index (χ3n) is 12.1. The lowest BCUT2D eigenvalue weighted by Crippen LogP contribution is -2.64. The summed E-state index contributed by atoms with van der Waals surface area (Å²) in [6.45, 7) is 3.54. The van der Waals surface area contributed by atoms with Gasteiger partial charge in [0.1, 0.15) is 48.8 Å². The van der Waals surface area contributed by atoms with E-state index >= 15 is 0 Å².